The number of carboxylic acid groups (broad SMARTS) is 1. The second-order valence-electron chi connectivity index (χ2n) is 2.61. The molecule has 0 aliphatic carbocycles. The Morgan fingerprint density at radius 2 is 1.50 bits per heavy atom. The van der Waals surface area contributed by atoms with Gasteiger partial charge in [-0.25, -0.2) is 0 Å². The van der Waals surface area contributed by atoms with Crippen molar-refractivity contribution in [2.24, 2.45) is 0 Å². The maximum atomic E-state index is 8.89. The van der Waals surface area contributed by atoms with Crippen molar-refractivity contribution >= 4 is 29.2 Å². The van der Waals surface area contributed by atoms with Gasteiger partial charge in [-0.2, -0.15) is 0 Å². The van der Waals surface area contributed by atoms with Gasteiger partial charge in [-0.05, 0) is 6.92 Å². The molecule has 0 bridgehead atoms. The van der Waals surface area contributed by atoms with Gasteiger partial charge in [0.2, 0.25) is 0 Å². The molecule has 0 radical (unpaired) electrons. The quantitative estimate of drug-likeness (QED) is 0.468. The SMILES string of the molecule is CC(=O)[O-].CN1CN(C)C(Cl)=C1Cl.[Ag+]. The first-order valence-corrected chi connectivity index (χ1v) is 4.27. The summed E-state index contributed by atoms with van der Waals surface area (Å²) >= 11 is 11.5. The molecule has 0 amide bonds. The fraction of sp³-hybridized carbons (Fsp3) is 0.571. The zero-order chi connectivity index (χ0) is 10.6. The van der Waals surface area contributed by atoms with Gasteiger partial charge in [-0.3, -0.25) is 0 Å². The molecule has 0 saturated carbocycles. The van der Waals surface area contributed by atoms with Gasteiger partial charge >= 0.3 is 22.4 Å². The number of carbonyl (C=O) groups is 1. The summed E-state index contributed by atoms with van der Waals surface area (Å²) in [7, 11) is 3.79. The molecule has 1 rings (SSSR count). The van der Waals surface area contributed by atoms with E-state index in [1.807, 2.05) is 23.9 Å². The van der Waals surface area contributed by atoms with E-state index in [4.69, 9.17) is 33.1 Å². The van der Waals surface area contributed by atoms with Crippen LogP contribution in [-0.4, -0.2) is 36.5 Å². The molecule has 0 spiro atoms. The average molecular weight is 334 g/mol. The van der Waals surface area contributed by atoms with Crippen molar-refractivity contribution in [2.75, 3.05) is 20.8 Å². The summed E-state index contributed by atoms with van der Waals surface area (Å²) in [5.41, 5.74) is 0. The Morgan fingerprint density at radius 3 is 1.57 bits per heavy atom. The summed E-state index contributed by atoms with van der Waals surface area (Å²) < 4.78 is 0. The van der Waals surface area contributed by atoms with E-state index in [-0.39, 0.29) is 22.4 Å². The van der Waals surface area contributed by atoms with E-state index in [0.29, 0.717) is 10.3 Å². The Balaban J connectivity index is 0. The molecule has 0 aromatic heterocycles. The number of aliphatic carboxylic acids is 1. The molecule has 7 heteroatoms. The summed E-state index contributed by atoms with van der Waals surface area (Å²) in [6, 6.07) is 0. The van der Waals surface area contributed by atoms with Gasteiger partial charge in [0, 0.05) is 20.1 Å². The molecule has 86 valence electrons. The minimum absolute atomic E-state index is 0. The largest absolute Gasteiger partial charge is 1.00 e. The van der Waals surface area contributed by atoms with Crippen molar-refractivity contribution in [1.82, 2.24) is 9.80 Å². The van der Waals surface area contributed by atoms with Crippen molar-refractivity contribution in [3.8, 4) is 0 Å². The first kappa shape index (κ1) is 16.6. The van der Waals surface area contributed by atoms with E-state index in [0.717, 1.165) is 13.6 Å². The van der Waals surface area contributed by atoms with E-state index < -0.39 is 5.97 Å². The Hall–Kier alpha value is 0.130. The average Bonchev–Trinajstić information content (AvgIpc) is 2.17. The second-order valence-corrected chi connectivity index (χ2v) is 3.33. The number of nitrogens with zero attached hydrogens (tertiary/aromatic N) is 2. The molecular formula is C7H11AgCl2N2O2. The molecule has 0 saturated heterocycles. The van der Waals surface area contributed by atoms with E-state index >= 15 is 0 Å². The van der Waals surface area contributed by atoms with Gasteiger partial charge in [-0.15, -0.1) is 0 Å². The molecule has 0 N–H and O–H groups in total. The van der Waals surface area contributed by atoms with Crippen molar-refractivity contribution in [3.63, 3.8) is 0 Å². The summed E-state index contributed by atoms with van der Waals surface area (Å²) in [6.45, 7) is 1.75. The number of hydrogen-bond acceptors (Lipinski definition) is 4. The Bertz CT molecular complexity index is 216. The maximum absolute atomic E-state index is 8.89. The van der Waals surface area contributed by atoms with Gasteiger partial charge < -0.3 is 19.7 Å². The molecule has 1 aliphatic rings. The zero-order valence-electron chi connectivity index (χ0n) is 7.98. The smallest absolute Gasteiger partial charge is 0.550 e. The van der Waals surface area contributed by atoms with Crippen molar-refractivity contribution < 1.29 is 32.3 Å². The molecule has 0 unspecified atom stereocenters. The molecule has 1 heterocycles. The van der Waals surface area contributed by atoms with Crippen LogP contribution in [0.1, 0.15) is 6.92 Å². The van der Waals surface area contributed by atoms with Crippen LogP contribution in [0.25, 0.3) is 0 Å². The van der Waals surface area contributed by atoms with Crippen LogP contribution in [0.3, 0.4) is 0 Å². The van der Waals surface area contributed by atoms with Crippen molar-refractivity contribution in [1.29, 1.82) is 0 Å². The van der Waals surface area contributed by atoms with Gasteiger partial charge in [0.25, 0.3) is 0 Å². The predicted molar refractivity (Wildman–Crippen MR) is 49.8 cm³/mol. The minimum atomic E-state index is -1.08. The monoisotopic (exact) mass is 332 g/mol. The van der Waals surface area contributed by atoms with Crippen molar-refractivity contribution in [2.45, 2.75) is 6.92 Å². The molecule has 0 aromatic rings. The number of carboxylic acids is 1. The Morgan fingerprint density at radius 1 is 1.29 bits per heavy atom. The number of carbonyl (C=O) groups excluding carboxylic acids is 1. The third-order valence-corrected chi connectivity index (χ3v) is 2.30. The van der Waals surface area contributed by atoms with Crippen LogP contribution < -0.4 is 5.11 Å². The van der Waals surface area contributed by atoms with Crippen molar-refractivity contribution in [3.05, 3.63) is 10.3 Å². The summed E-state index contributed by atoms with van der Waals surface area (Å²) in [6.07, 6.45) is 0. The molecule has 14 heavy (non-hydrogen) atoms. The Kier molecular flexibility index (Phi) is 8.78. The fourth-order valence-electron chi connectivity index (χ4n) is 0.757. The molecule has 0 fully saturated rings. The maximum Gasteiger partial charge on any atom is 1.00 e. The predicted octanol–water partition coefficient (Wildman–Crippen LogP) is 0.179. The molecular weight excluding hydrogens is 323 g/mol. The topological polar surface area (TPSA) is 46.6 Å². The minimum Gasteiger partial charge on any atom is -0.550 e. The first-order valence-electron chi connectivity index (χ1n) is 3.51. The third-order valence-electron chi connectivity index (χ3n) is 1.26. The van der Waals surface area contributed by atoms with E-state index in [9.17, 15) is 0 Å². The summed E-state index contributed by atoms with van der Waals surface area (Å²) in [5, 5.41) is 10.1. The van der Waals surface area contributed by atoms with Gasteiger partial charge in [-0.1, -0.05) is 23.2 Å². The third kappa shape index (κ3) is 5.78. The van der Waals surface area contributed by atoms with Crippen LogP contribution in [0.15, 0.2) is 10.3 Å². The van der Waals surface area contributed by atoms with Gasteiger partial charge in [0.1, 0.15) is 10.3 Å². The van der Waals surface area contributed by atoms with Gasteiger partial charge in [0.05, 0.1) is 6.67 Å². The van der Waals surface area contributed by atoms with Crippen LogP contribution in [0, 0.1) is 0 Å². The van der Waals surface area contributed by atoms with E-state index in [1.165, 1.54) is 0 Å². The van der Waals surface area contributed by atoms with Crippen LogP contribution in [0.5, 0.6) is 0 Å². The van der Waals surface area contributed by atoms with Crippen LogP contribution in [0.4, 0.5) is 0 Å². The van der Waals surface area contributed by atoms with Gasteiger partial charge in [0.15, 0.2) is 0 Å². The second kappa shape index (κ2) is 7.43. The summed E-state index contributed by atoms with van der Waals surface area (Å²) in [5.74, 6) is -1.08. The van der Waals surface area contributed by atoms with Crippen LogP contribution in [0.2, 0.25) is 0 Å². The number of hydrogen-bond donors (Lipinski definition) is 0. The van der Waals surface area contributed by atoms with E-state index in [2.05, 4.69) is 0 Å². The molecule has 4 nitrogen and oxygen atoms in total. The normalized spacial score (nSPS) is 14.6. The molecule has 0 aromatic carbocycles. The fourth-order valence-corrected chi connectivity index (χ4v) is 1.15. The zero-order valence-corrected chi connectivity index (χ0v) is 11.0. The van der Waals surface area contributed by atoms with Crippen LogP contribution >= 0.6 is 23.2 Å². The number of halogens is 2. The van der Waals surface area contributed by atoms with Crippen LogP contribution in [-0.2, 0) is 27.2 Å². The Labute approximate surface area is 109 Å². The standard InChI is InChI=1S/C5H8Cl2N2.C2H4O2.Ag/c1-8-3-9(2)5(7)4(8)6;1-2(3)4;/h3H2,1-2H3;1H3,(H,3,4);/q;;+1/p-1. The summed E-state index contributed by atoms with van der Waals surface area (Å²) in [4.78, 5) is 12.6. The van der Waals surface area contributed by atoms with E-state index in [1.54, 1.807) is 0 Å². The number of rotatable bonds is 0. The molecule has 1 aliphatic heterocycles. The first-order chi connectivity index (χ1) is 5.86. The molecule has 0 atom stereocenters.